The van der Waals surface area contributed by atoms with Crippen LogP contribution in [0.5, 0.6) is 0 Å². The molecule has 0 amide bonds. The molecule has 1 fully saturated rings. The molecular formula is C24H28N4O2S. The van der Waals surface area contributed by atoms with Crippen molar-refractivity contribution in [3.8, 4) is 0 Å². The maximum atomic E-state index is 12.8. The van der Waals surface area contributed by atoms with E-state index in [4.69, 9.17) is 17.0 Å². The summed E-state index contributed by atoms with van der Waals surface area (Å²) in [4.78, 5) is 22.1. The fourth-order valence-corrected chi connectivity index (χ4v) is 4.09. The van der Waals surface area contributed by atoms with E-state index in [1.165, 1.54) is 5.56 Å². The quantitative estimate of drug-likeness (QED) is 0.576. The highest BCUT2D eigenvalue weighted by Crippen LogP contribution is 2.18. The van der Waals surface area contributed by atoms with Gasteiger partial charge < -0.3 is 19.9 Å². The SMILES string of the molecule is Cc1cc2cc(CN(Cc3cccnc3)C(=S)NCC3CCCO3)c(=O)[nH]c2cc1C. The van der Waals surface area contributed by atoms with Gasteiger partial charge >= 0.3 is 0 Å². The second kappa shape index (κ2) is 9.58. The second-order valence-electron chi connectivity index (χ2n) is 8.19. The van der Waals surface area contributed by atoms with Crippen molar-refractivity contribution in [2.45, 2.75) is 45.9 Å². The zero-order valence-corrected chi connectivity index (χ0v) is 18.8. The molecule has 162 valence electrons. The van der Waals surface area contributed by atoms with Crippen molar-refractivity contribution >= 4 is 28.2 Å². The Morgan fingerprint density at radius 1 is 1.29 bits per heavy atom. The van der Waals surface area contributed by atoms with Crippen molar-refractivity contribution in [3.05, 3.63) is 75.3 Å². The third-order valence-corrected chi connectivity index (χ3v) is 6.19. The molecule has 2 aromatic heterocycles. The third kappa shape index (κ3) is 5.29. The number of aryl methyl sites for hydroxylation is 2. The van der Waals surface area contributed by atoms with Crippen LogP contribution in [0, 0.1) is 13.8 Å². The van der Waals surface area contributed by atoms with Crippen molar-refractivity contribution in [1.82, 2.24) is 20.2 Å². The first-order valence-electron chi connectivity index (χ1n) is 10.7. The summed E-state index contributed by atoms with van der Waals surface area (Å²) in [7, 11) is 0. The van der Waals surface area contributed by atoms with Crippen LogP contribution in [-0.4, -0.2) is 39.2 Å². The van der Waals surface area contributed by atoms with Gasteiger partial charge in [-0.15, -0.1) is 0 Å². The molecule has 6 nitrogen and oxygen atoms in total. The minimum Gasteiger partial charge on any atom is -0.376 e. The Kier molecular flexibility index (Phi) is 6.63. The number of nitrogens with one attached hydrogen (secondary N) is 2. The van der Waals surface area contributed by atoms with Crippen molar-refractivity contribution in [2.75, 3.05) is 13.2 Å². The number of ether oxygens (including phenoxy) is 1. The van der Waals surface area contributed by atoms with E-state index in [1.807, 2.05) is 35.4 Å². The molecule has 31 heavy (non-hydrogen) atoms. The van der Waals surface area contributed by atoms with Crippen LogP contribution in [0.2, 0.25) is 0 Å². The summed E-state index contributed by atoms with van der Waals surface area (Å²) in [6.07, 6.45) is 5.89. The number of pyridine rings is 2. The lowest BCUT2D eigenvalue weighted by Gasteiger charge is -2.26. The molecule has 3 heterocycles. The fourth-order valence-electron chi connectivity index (χ4n) is 3.87. The molecule has 2 N–H and O–H groups in total. The summed E-state index contributed by atoms with van der Waals surface area (Å²) in [6, 6.07) is 10.0. The van der Waals surface area contributed by atoms with Gasteiger partial charge in [-0.25, -0.2) is 0 Å². The molecule has 1 aliphatic rings. The standard InChI is InChI=1S/C24H28N4O2S/c1-16-9-19-11-20(23(29)27-22(19)10-17(16)2)15-28(14-18-5-3-7-25-12-18)24(31)26-13-21-6-4-8-30-21/h3,5,7,9-12,21H,4,6,8,13-15H2,1-2H3,(H,26,31)(H,27,29). The smallest absolute Gasteiger partial charge is 0.253 e. The maximum absolute atomic E-state index is 12.8. The highest BCUT2D eigenvalue weighted by atomic mass is 32.1. The second-order valence-corrected chi connectivity index (χ2v) is 8.57. The van der Waals surface area contributed by atoms with Crippen LogP contribution in [0.3, 0.4) is 0 Å². The number of aromatic nitrogens is 2. The molecule has 1 aromatic carbocycles. The van der Waals surface area contributed by atoms with Gasteiger partial charge in [0.1, 0.15) is 0 Å². The minimum absolute atomic E-state index is 0.0890. The number of thiocarbonyl (C=S) groups is 1. The van der Waals surface area contributed by atoms with E-state index in [1.54, 1.807) is 6.20 Å². The Bertz CT molecular complexity index is 1120. The van der Waals surface area contributed by atoms with Crippen molar-refractivity contribution < 1.29 is 4.74 Å². The molecule has 1 atom stereocenters. The molecule has 0 radical (unpaired) electrons. The number of fused-ring (bicyclic) bond motifs is 1. The van der Waals surface area contributed by atoms with Gasteiger partial charge in [-0.3, -0.25) is 9.78 Å². The third-order valence-electron chi connectivity index (χ3n) is 5.79. The highest BCUT2D eigenvalue weighted by Gasteiger charge is 2.18. The average Bonchev–Trinajstić information content (AvgIpc) is 3.28. The molecular weight excluding hydrogens is 408 g/mol. The first-order valence-corrected chi connectivity index (χ1v) is 11.1. The van der Waals surface area contributed by atoms with Gasteiger partial charge in [0, 0.05) is 43.2 Å². The average molecular weight is 437 g/mol. The van der Waals surface area contributed by atoms with Crippen molar-refractivity contribution in [1.29, 1.82) is 0 Å². The molecule has 1 aliphatic heterocycles. The van der Waals surface area contributed by atoms with E-state index in [-0.39, 0.29) is 11.7 Å². The van der Waals surface area contributed by atoms with E-state index >= 15 is 0 Å². The summed E-state index contributed by atoms with van der Waals surface area (Å²) in [5, 5.41) is 4.97. The van der Waals surface area contributed by atoms with E-state index in [2.05, 4.69) is 35.2 Å². The van der Waals surface area contributed by atoms with Gasteiger partial charge in [-0.05, 0) is 85.2 Å². The van der Waals surface area contributed by atoms with E-state index in [0.717, 1.165) is 41.5 Å². The molecule has 0 spiro atoms. The molecule has 0 saturated carbocycles. The van der Waals surface area contributed by atoms with Crippen LogP contribution in [0.1, 0.15) is 35.1 Å². The zero-order valence-electron chi connectivity index (χ0n) is 18.0. The van der Waals surface area contributed by atoms with Gasteiger partial charge in [0.2, 0.25) is 0 Å². The summed E-state index contributed by atoms with van der Waals surface area (Å²) < 4.78 is 5.70. The topological polar surface area (TPSA) is 70.2 Å². The van der Waals surface area contributed by atoms with Crippen molar-refractivity contribution in [3.63, 3.8) is 0 Å². The van der Waals surface area contributed by atoms with Gasteiger partial charge in [0.05, 0.1) is 12.6 Å². The van der Waals surface area contributed by atoms with Crippen LogP contribution in [0.15, 0.2) is 47.5 Å². The molecule has 0 aliphatic carbocycles. The number of nitrogens with zero attached hydrogens (tertiary/aromatic N) is 2. The van der Waals surface area contributed by atoms with Crippen LogP contribution in [0.4, 0.5) is 0 Å². The molecule has 7 heteroatoms. The summed E-state index contributed by atoms with van der Waals surface area (Å²) in [5.41, 5.74) is 4.84. The summed E-state index contributed by atoms with van der Waals surface area (Å²) >= 11 is 5.71. The highest BCUT2D eigenvalue weighted by molar-refractivity contribution is 7.80. The van der Waals surface area contributed by atoms with E-state index in [0.29, 0.717) is 30.3 Å². The molecule has 3 aromatic rings. The molecule has 1 unspecified atom stereocenters. The van der Waals surface area contributed by atoms with Gasteiger partial charge in [-0.2, -0.15) is 0 Å². The lowest BCUT2D eigenvalue weighted by atomic mass is 10.0. The number of H-pyrrole nitrogens is 1. The Hall–Kier alpha value is -2.77. The van der Waals surface area contributed by atoms with Crippen LogP contribution < -0.4 is 10.9 Å². The predicted molar refractivity (Wildman–Crippen MR) is 127 cm³/mol. The summed E-state index contributed by atoms with van der Waals surface area (Å²) in [5.74, 6) is 0. The minimum atomic E-state index is -0.0890. The largest absolute Gasteiger partial charge is 0.376 e. The molecule has 1 saturated heterocycles. The Morgan fingerprint density at radius 3 is 2.87 bits per heavy atom. The number of rotatable bonds is 6. The van der Waals surface area contributed by atoms with Gasteiger partial charge in [0.15, 0.2) is 5.11 Å². The first kappa shape index (κ1) is 21.5. The number of aromatic amines is 1. The van der Waals surface area contributed by atoms with E-state index < -0.39 is 0 Å². The lowest BCUT2D eigenvalue weighted by molar-refractivity contribution is 0.113. The van der Waals surface area contributed by atoms with Crippen molar-refractivity contribution in [2.24, 2.45) is 0 Å². The molecule has 4 rings (SSSR count). The number of benzene rings is 1. The normalized spacial score (nSPS) is 15.9. The van der Waals surface area contributed by atoms with Gasteiger partial charge in [-0.1, -0.05) is 6.07 Å². The maximum Gasteiger partial charge on any atom is 0.253 e. The fraction of sp³-hybridized carbons (Fsp3) is 0.375. The summed E-state index contributed by atoms with van der Waals surface area (Å²) in [6.45, 7) is 6.59. The Balaban J connectivity index is 1.58. The van der Waals surface area contributed by atoms with Crippen LogP contribution in [-0.2, 0) is 17.8 Å². The Labute approximate surface area is 187 Å². The van der Waals surface area contributed by atoms with E-state index in [9.17, 15) is 4.79 Å². The predicted octanol–water partition coefficient (Wildman–Crippen LogP) is 3.60. The Morgan fingerprint density at radius 2 is 2.13 bits per heavy atom. The van der Waals surface area contributed by atoms with Crippen LogP contribution in [0.25, 0.3) is 10.9 Å². The monoisotopic (exact) mass is 436 g/mol. The van der Waals surface area contributed by atoms with Crippen LogP contribution >= 0.6 is 12.2 Å². The first-order chi connectivity index (χ1) is 15.0. The molecule has 0 bridgehead atoms. The van der Waals surface area contributed by atoms with Gasteiger partial charge in [0.25, 0.3) is 5.56 Å². The number of hydrogen-bond donors (Lipinski definition) is 2. The zero-order chi connectivity index (χ0) is 21.8. The number of hydrogen-bond acceptors (Lipinski definition) is 4. The lowest BCUT2D eigenvalue weighted by Crippen LogP contribution is -2.42.